The zero-order valence-corrected chi connectivity index (χ0v) is 16.9. The van der Waals surface area contributed by atoms with Crippen LogP contribution in [0.5, 0.6) is 0 Å². The molecule has 1 aromatic rings. The van der Waals surface area contributed by atoms with E-state index in [0.29, 0.717) is 6.54 Å². The second-order valence-electron chi connectivity index (χ2n) is 6.87. The van der Waals surface area contributed by atoms with Crippen LogP contribution in [0, 0.1) is 0 Å². The first kappa shape index (κ1) is 22.3. The minimum atomic E-state index is -0.401. The smallest absolute Gasteiger partial charge is 0.237 e. The molecule has 0 spiro atoms. The van der Waals surface area contributed by atoms with Crippen molar-refractivity contribution >= 4 is 30.1 Å². The molecule has 2 rings (SSSR count). The molecule has 4 nitrogen and oxygen atoms in total. The molecule has 25 heavy (non-hydrogen) atoms. The predicted octanol–water partition coefficient (Wildman–Crippen LogP) is 3.27. The van der Waals surface area contributed by atoms with E-state index in [1.807, 2.05) is 12.3 Å². The van der Waals surface area contributed by atoms with Gasteiger partial charge in [-0.25, -0.2) is 0 Å². The van der Waals surface area contributed by atoms with Crippen molar-refractivity contribution in [3.05, 3.63) is 35.9 Å². The van der Waals surface area contributed by atoms with Crippen molar-refractivity contribution in [2.45, 2.75) is 56.7 Å². The molecule has 1 aliphatic rings. The van der Waals surface area contributed by atoms with Gasteiger partial charge in [0.2, 0.25) is 5.91 Å². The molecular formula is C19H32ClN3OS. The molecule has 0 bridgehead atoms. The third kappa shape index (κ3) is 6.81. The van der Waals surface area contributed by atoms with Crippen LogP contribution in [-0.4, -0.2) is 36.0 Å². The van der Waals surface area contributed by atoms with E-state index in [1.54, 1.807) is 11.8 Å². The Morgan fingerprint density at radius 2 is 1.92 bits per heavy atom. The van der Waals surface area contributed by atoms with Crippen LogP contribution in [0.2, 0.25) is 0 Å². The molecule has 1 aromatic carbocycles. The number of amides is 1. The minimum absolute atomic E-state index is 0. The standard InChI is InChI=1S/C19H31N3OS.ClH/c1-15(16-8-4-3-5-9-16)22-19(11-6-7-12-19)14-21-18(23)17(20)10-13-24-2;/h3-5,8-9,15,17,22H,6-7,10-14,20H2,1-2H3,(H,21,23);1H/t15?,17-;/m0./s1. The lowest BCUT2D eigenvalue weighted by Crippen LogP contribution is -2.54. The highest BCUT2D eigenvalue weighted by atomic mass is 35.5. The van der Waals surface area contributed by atoms with E-state index >= 15 is 0 Å². The summed E-state index contributed by atoms with van der Waals surface area (Å²) in [4.78, 5) is 12.2. The molecule has 1 unspecified atom stereocenters. The first-order valence-electron chi connectivity index (χ1n) is 8.91. The Labute approximate surface area is 162 Å². The first-order chi connectivity index (χ1) is 11.6. The summed E-state index contributed by atoms with van der Waals surface area (Å²) in [6.45, 7) is 2.86. The molecule has 0 aromatic heterocycles. The zero-order valence-electron chi connectivity index (χ0n) is 15.3. The average molecular weight is 386 g/mol. The highest BCUT2D eigenvalue weighted by molar-refractivity contribution is 7.98. The quantitative estimate of drug-likeness (QED) is 0.610. The van der Waals surface area contributed by atoms with Gasteiger partial charge in [-0.1, -0.05) is 43.2 Å². The summed E-state index contributed by atoms with van der Waals surface area (Å²) < 4.78 is 0. The number of thioether (sulfide) groups is 1. The summed E-state index contributed by atoms with van der Waals surface area (Å²) >= 11 is 1.72. The summed E-state index contributed by atoms with van der Waals surface area (Å²) in [5.41, 5.74) is 7.25. The average Bonchev–Trinajstić information content (AvgIpc) is 3.07. The normalized spacial score (nSPS) is 18.2. The van der Waals surface area contributed by atoms with E-state index in [4.69, 9.17) is 5.73 Å². The van der Waals surface area contributed by atoms with Gasteiger partial charge in [0.1, 0.15) is 0 Å². The van der Waals surface area contributed by atoms with Crippen LogP contribution < -0.4 is 16.4 Å². The Morgan fingerprint density at radius 3 is 2.52 bits per heavy atom. The summed E-state index contributed by atoms with van der Waals surface area (Å²) in [6, 6.07) is 10.4. The maximum Gasteiger partial charge on any atom is 0.237 e. The number of nitrogens with one attached hydrogen (secondary N) is 2. The number of hydrogen-bond donors (Lipinski definition) is 3. The lowest BCUT2D eigenvalue weighted by atomic mass is 9.94. The van der Waals surface area contributed by atoms with Crippen molar-refractivity contribution in [1.29, 1.82) is 0 Å². The summed E-state index contributed by atoms with van der Waals surface area (Å²) in [5.74, 6) is 0.896. The van der Waals surface area contributed by atoms with Crippen molar-refractivity contribution in [3.8, 4) is 0 Å². The Hall–Kier alpha value is -0.750. The molecule has 142 valence electrons. The monoisotopic (exact) mass is 385 g/mol. The summed E-state index contributed by atoms with van der Waals surface area (Å²) in [7, 11) is 0. The van der Waals surface area contributed by atoms with Gasteiger partial charge in [0.25, 0.3) is 0 Å². The van der Waals surface area contributed by atoms with Crippen molar-refractivity contribution in [2.75, 3.05) is 18.6 Å². The van der Waals surface area contributed by atoms with E-state index in [1.165, 1.54) is 18.4 Å². The third-order valence-corrected chi connectivity index (χ3v) is 5.60. The fourth-order valence-electron chi connectivity index (χ4n) is 3.47. The zero-order chi connectivity index (χ0) is 17.4. The van der Waals surface area contributed by atoms with Crippen LogP contribution in [0.25, 0.3) is 0 Å². The third-order valence-electron chi connectivity index (χ3n) is 4.95. The largest absolute Gasteiger partial charge is 0.353 e. The van der Waals surface area contributed by atoms with Gasteiger partial charge in [0.05, 0.1) is 6.04 Å². The van der Waals surface area contributed by atoms with Gasteiger partial charge in [-0.2, -0.15) is 11.8 Å². The maximum absolute atomic E-state index is 12.2. The second-order valence-corrected chi connectivity index (χ2v) is 7.86. The van der Waals surface area contributed by atoms with E-state index in [2.05, 4.69) is 41.8 Å². The summed E-state index contributed by atoms with van der Waals surface area (Å²) in [6.07, 6.45) is 7.39. The second kappa shape index (κ2) is 11.1. The van der Waals surface area contributed by atoms with Crippen molar-refractivity contribution in [1.82, 2.24) is 10.6 Å². The SMILES string of the molecule is CSCC[C@H](N)C(=O)NCC1(NC(C)c2ccccc2)CCCC1.Cl. The Morgan fingerprint density at radius 1 is 1.28 bits per heavy atom. The highest BCUT2D eigenvalue weighted by Crippen LogP contribution is 2.31. The van der Waals surface area contributed by atoms with Gasteiger partial charge in [-0.05, 0) is 43.8 Å². The Bertz CT molecular complexity index is 509. The van der Waals surface area contributed by atoms with Crippen LogP contribution in [0.3, 0.4) is 0 Å². The molecule has 1 saturated carbocycles. The summed E-state index contributed by atoms with van der Waals surface area (Å²) in [5, 5.41) is 6.88. The number of hydrogen-bond acceptors (Lipinski definition) is 4. The molecule has 1 aliphatic carbocycles. The number of rotatable bonds is 9. The molecule has 4 N–H and O–H groups in total. The van der Waals surface area contributed by atoms with Gasteiger partial charge < -0.3 is 16.4 Å². The van der Waals surface area contributed by atoms with E-state index in [9.17, 15) is 4.79 Å². The lowest BCUT2D eigenvalue weighted by molar-refractivity contribution is -0.122. The molecule has 2 atom stereocenters. The Balaban J connectivity index is 0.00000312. The van der Waals surface area contributed by atoms with Crippen molar-refractivity contribution < 1.29 is 4.79 Å². The van der Waals surface area contributed by atoms with Crippen LogP contribution >= 0.6 is 24.2 Å². The van der Waals surface area contributed by atoms with Crippen LogP contribution in [0.15, 0.2) is 30.3 Å². The van der Waals surface area contributed by atoms with Gasteiger partial charge in [0, 0.05) is 18.1 Å². The molecule has 0 aliphatic heterocycles. The van der Waals surface area contributed by atoms with Crippen molar-refractivity contribution in [2.24, 2.45) is 5.73 Å². The molecule has 1 fully saturated rings. The van der Waals surface area contributed by atoms with Gasteiger partial charge in [-0.15, -0.1) is 12.4 Å². The lowest BCUT2D eigenvalue weighted by Gasteiger charge is -2.34. The predicted molar refractivity (Wildman–Crippen MR) is 110 cm³/mol. The Kier molecular flexibility index (Phi) is 9.87. The van der Waals surface area contributed by atoms with Crippen molar-refractivity contribution in [3.63, 3.8) is 0 Å². The number of carbonyl (C=O) groups is 1. The van der Waals surface area contributed by atoms with Crippen LogP contribution in [-0.2, 0) is 4.79 Å². The number of nitrogens with two attached hydrogens (primary N) is 1. The van der Waals surface area contributed by atoms with E-state index < -0.39 is 6.04 Å². The van der Waals surface area contributed by atoms with Crippen LogP contribution in [0.4, 0.5) is 0 Å². The fraction of sp³-hybridized carbons (Fsp3) is 0.632. The highest BCUT2D eigenvalue weighted by Gasteiger charge is 2.35. The molecule has 0 heterocycles. The number of carbonyl (C=O) groups excluding carboxylic acids is 1. The molecule has 0 saturated heterocycles. The number of halogens is 1. The maximum atomic E-state index is 12.2. The molecular weight excluding hydrogens is 354 g/mol. The van der Waals surface area contributed by atoms with Crippen LogP contribution in [0.1, 0.15) is 50.6 Å². The fourth-order valence-corrected chi connectivity index (χ4v) is 3.96. The number of benzene rings is 1. The first-order valence-corrected chi connectivity index (χ1v) is 10.3. The minimum Gasteiger partial charge on any atom is -0.353 e. The van der Waals surface area contributed by atoms with Gasteiger partial charge >= 0.3 is 0 Å². The molecule has 1 amide bonds. The van der Waals surface area contributed by atoms with E-state index in [0.717, 1.165) is 25.0 Å². The van der Waals surface area contributed by atoms with E-state index in [-0.39, 0.29) is 29.9 Å². The topological polar surface area (TPSA) is 67.2 Å². The van der Waals surface area contributed by atoms with Gasteiger partial charge in [0.15, 0.2) is 0 Å². The molecule has 0 radical (unpaired) electrons. The van der Waals surface area contributed by atoms with Gasteiger partial charge in [-0.3, -0.25) is 4.79 Å². The molecule has 6 heteroatoms.